The maximum Gasteiger partial charge on any atom is 0.262 e. The second kappa shape index (κ2) is 8.95. The number of pyridine rings is 1. The van der Waals surface area contributed by atoms with E-state index in [1.54, 1.807) is 36.7 Å². The van der Waals surface area contributed by atoms with Crippen molar-refractivity contribution in [2.75, 3.05) is 29.9 Å². The highest BCUT2D eigenvalue weighted by molar-refractivity contribution is 6.06. The zero-order valence-electron chi connectivity index (χ0n) is 17.1. The molecule has 0 saturated carbocycles. The van der Waals surface area contributed by atoms with Gasteiger partial charge in [-0.25, -0.2) is 0 Å². The van der Waals surface area contributed by atoms with E-state index in [2.05, 4.69) is 21.3 Å². The largest absolute Gasteiger partial charge is 0.484 e. The minimum Gasteiger partial charge on any atom is -0.484 e. The van der Waals surface area contributed by atoms with Gasteiger partial charge in [0.1, 0.15) is 5.75 Å². The molecule has 0 radical (unpaired) electrons. The Hall–Kier alpha value is -3.41. The average Bonchev–Trinajstić information content (AvgIpc) is 2.79. The van der Waals surface area contributed by atoms with Crippen molar-refractivity contribution in [3.8, 4) is 5.75 Å². The Morgan fingerprint density at radius 1 is 1.00 bits per heavy atom. The number of carbonyl (C=O) groups is 2. The fraction of sp³-hybridized carbons (Fsp3) is 0.292. The number of fused-ring (bicyclic) bond motifs is 1. The molecule has 6 nitrogen and oxygen atoms in total. The van der Waals surface area contributed by atoms with Crippen LogP contribution >= 0.6 is 0 Å². The van der Waals surface area contributed by atoms with E-state index in [4.69, 9.17) is 4.74 Å². The zero-order valence-corrected chi connectivity index (χ0v) is 17.1. The van der Waals surface area contributed by atoms with Gasteiger partial charge >= 0.3 is 0 Å². The molecule has 0 spiro atoms. The Kier molecular flexibility index (Phi) is 5.93. The quantitative estimate of drug-likeness (QED) is 0.616. The summed E-state index contributed by atoms with van der Waals surface area (Å²) in [6.07, 6.45) is 7.27. The van der Waals surface area contributed by atoms with Gasteiger partial charge in [-0.1, -0.05) is 0 Å². The highest BCUT2D eigenvalue weighted by Crippen LogP contribution is 2.33. The van der Waals surface area contributed by atoms with Gasteiger partial charge in [-0.15, -0.1) is 0 Å². The van der Waals surface area contributed by atoms with Crippen LogP contribution in [0.2, 0.25) is 0 Å². The second-order valence-corrected chi connectivity index (χ2v) is 7.52. The van der Waals surface area contributed by atoms with Gasteiger partial charge in [-0.3, -0.25) is 14.6 Å². The fourth-order valence-electron chi connectivity index (χ4n) is 3.81. The van der Waals surface area contributed by atoms with Gasteiger partial charge in [0.15, 0.2) is 12.4 Å². The summed E-state index contributed by atoms with van der Waals surface area (Å²) in [6, 6.07) is 12.8. The Labute approximate surface area is 175 Å². The van der Waals surface area contributed by atoms with Gasteiger partial charge in [0.2, 0.25) is 0 Å². The minimum absolute atomic E-state index is 0.00668. The first-order chi connectivity index (χ1) is 14.6. The van der Waals surface area contributed by atoms with E-state index in [9.17, 15) is 9.59 Å². The number of aromatic nitrogens is 1. The fourth-order valence-corrected chi connectivity index (χ4v) is 3.81. The standard InChI is InChI=1S/C24H25N3O3/c1-17(28)18-5-7-19(8-6-18)30-16-24(29)26-22-9-10-23(27-13-3-2-4-14-27)20-11-12-25-15-21(20)22/h5-12,15H,2-4,13-14,16H2,1H3,(H,26,29). The predicted molar refractivity (Wildman–Crippen MR) is 118 cm³/mol. The van der Waals surface area contributed by atoms with Crippen molar-refractivity contribution >= 4 is 33.8 Å². The maximum absolute atomic E-state index is 12.5. The summed E-state index contributed by atoms with van der Waals surface area (Å²) < 4.78 is 5.56. The number of nitrogens with one attached hydrogen (secondary N) is 1. The monoisotopic (exact) mass is 403 g/mol. The zero-order chi connectivity index (χ0) is 20.9. The highest BCUT2D eigenvalue weighted by Gasteiger charge is 2.16. The topological polar surface area (TPSA) is 71.5 Å². The first-order valence-electron chi connectivity index (χ1n) is 10.3. The van der Waals surface area contributed by atoms with Crippen LogP contribution in [0, 0.1) is 0 Å². The molecule has 1 N–H and O–H groups in total. The smallest absolute Gasteiger partial charge is 0.262 e. The van der Waals surface area contributed by atoms with Crippen molar-refractivity contribution in [1.82, 2.24) is 4.98 Å². The third-order valence-electron chi connectivity index (χ3n) is 5.40. The lowest BCUT2D eigenvalue weighted by Crippen LogP contribution is -2.29. The summed E-state index contributed by atoms with van der Waals surface area (Å²) in [5.74, 6) is 0.288. The summed E-state index contributed by atoms with van der Waals surface area (Å²) in [5.41, 5.74) is 2.52. The van der Waals surface area contributed by atoms with E-state index in [1.807, 2.05) is 12.1 Å². The first-order valence-corrected chi connectivity index (χ1v) is 10.3. The first kappa shape index (κ1) is 19.9. The molecule has 1 fully saturated rings. The Morgan fingerprint density at radius 3 is 2.50 bits per heavy atom. The third kappa shape index (κ3) is 4.43. The van der Waals surface area contributed by atoms with E-state index in [1.165, 1.54) is 31.9 Å². The number of piperidine rings is 1. The molecule has 0 unspecified atom stereocenters. The number of carbonyl (C=O) groups excluding carboxylic acids is 2. The Morgan fingerprint density at radius 2 is 1.77 bits per heavy atom. The number of anilines is 2. The summed E-state index contributed by atoms with van der Waals surface area (Å²) >= 11 is 0. The maximum atomic E-state index is 12.5. The Balaban J connectivity index is 1.46. The molecule has 0 atom stereocenters. The van der Waals surface area contributed by atoms with Crippen molar-refractivity contribution in [2.45, 2.75) is 26.2 Å². The van der Waals surface area contributed by atoms with Crippen molar-refractivity contribution in [3.63, 3.8) is 0 Å². The van der Waals surface area contributed by atoms with Crippen LogP contribution in [0.3, 0.4) is 0 Å². The number of Topliss-reactive ketones (excluding diaryl/α,β-unsaturated/α-hetero) is 1. The number of nitrogens with zero attached hydrogens (tertiary/aromatic N) is 2. The van der Waals surface area contributed by atoms with Gasteiger partial charge in [0.05, 0.1) is 5.69 Å². The summed E-state index contributed by atoms with van der Waals surface area (Å²) in [5, 5.41) is 4.94. The summed E-state index contributed by atoms with van der Waals surface area (Å²) in [7, 11) is 0. The van der Waals surface area contributed by atoms with Crippen LogP contribution in [0.4, 0.5) is 11.4 Å². The number of ether oxygens (including phenoxy) is 1. The number of benzene rings is 2. The summed E-state index contributed by atoms with van der Waals surface area (Å²) in [4.78, 5) is 30.5. The molecule has 1 saturated heterocycles. The normalized spacial score (nSPS) is 13.8. The van der Waals surface area contributed by atoms with Crippen molar-refractivity contribution in [3.05, 3.63) is 60.4 Å². The van der Waals surface area contributed by atoms with Crippen molar-refractivity contribution < 1.29 is 14.3 Å². The second-order valence-electron chi connectivity index (χ2n) is 7.52. The molecule has 30 heavy (non-hydrogen) atoms. The third-order valence-corrected chi connectivity index (χ3v) is 5.40. The Bertz CT molecular complexity index is 1060. The van der Waals surface area contributed by atoms with Crippen molar-refractivity contribution in [1.29, 1.82) is 0 Å². The number of hydrogen-bond donors (Lipinski definition) is 1. The van der Waals surface area contributed by atoms with Gasteiger partial charge in [0, 0.05) is 47.5 Å². The number of rotatable bonds is 6. The predicted octanol–water partition coefficient (Wildman–Crippen LogP) is 4.45. The SMILES string of the molecule is CC(=O)c1ccc(OCC(=O)Nc2ccc(N3CCCCC3)c3ccncc23)cc1. The lowest BCUT2D eigenvalue weighted by atomic mass is 10.1. The number of amides is 1. The molecular formula is C24H25N3O3. The van der Waals surface area contributed by atoms with E-state index < -0.39 is 0 Å². The van der Waals surface area contributed by atoms with Crippen LogP contribution in [0.5, 0.6) is 5.75 Å². The van der Waals surface area contributed by atoms with E-state index >= 15 is 0 Å². The van der Waals surface area contributed by atoms with Gasteiger partial charge < -0.3 is 15.0 Å². The molecule has 1 aliphatic rings. The molecule has 1 amide bonds. The lowest BCUT2D eigenvalue weighted by Gasteiger charge is -2.30. The van der Waals surface area contributed by atoms with Crippen LogP contribution in [0.15, 0.2) is 54.9 Å². The minimum atomic E-state index is -0.249. The molecule has 2 aromatic carbocycles. The number of hydrogen-bond acceptors (Lipinski definition) is 5. The molecule has 1 aromatic heterocycles. The lowest BCUT2D eigenvalue weighted by molar-refractivity contribution is -0.118. The molecular weight excluding hydrogens is 378 g/mol. The average molecular weight is 403 g/mol. The molecule has 6 heteroatoms. The molecule has 2 heterocycles. The van der Waals surface area contributed by atoms with E-state index in [0.717, 1.165) is 29.5 Å². The van der Waals surface area contributed by atoms with Crippen LogP contribution in [-0.2, 0) is 4.79 Å². The van der Waals surface area contributed by atoms with Crippen molar-refractivity contribution in [2.24, 2.45) is 0 Å². The molecule has 3 aromatic rings. The highest BCUT2D eigenvalue weighted by atomic mass is 16.5. The number of ketones is 1. The van der Waals surface area contributed by atoms with Gasteiger partial charge in [-0.05, 0) is 68.7 Å². The van der Waals surface area contributed by atoms with Gasteiger partial charge in [0.25, 0.3) is 5.91 Å². The van der Waals surface area contributed by atoms with Crippen LogP contribution in [0.1, 0.15) is 36.5 Å². The summed E-state index contributed by atoms with van der Waals surface area (Å²) in [6.45, 7) is 3.51. The molecule has 1 aliphatic heterocycles. The van der Waals surface area contributed by atoms with E-state index in [0.29, 0.717) is 11.3 Å². The molecule has 0 aliphatic carbocycles. The van der Waals surface area contributed by atoms with E-state index in [-0.39, 0.29) is 18.3 Å². The van der Waals surface area contributed by atoms with Crippen LogP contribution < -0.4 is 15.0 Å². The van der Waals surface area contributed by atoms with Crippen LogP contribution in [-0.4, -0.2) is 36.4 Å². The molecule has 0 bridgehead atoms. The van der Waals surface area contributed by atoms with Crippen LogP contribution in [0.25, 0.3) is 10.8 Å². The molecule has 154 valence electrons. The van der Waals surface area contributed by atoms with Gasteiger partial charge in [-0.2, -0.15) is 0 Å². The molecule has 4 rings (SSSR count).